The van der Waals surface area contributed by atoms with E-state index in [0.29, 0.717) is 5.69 Å². The van der Waals surface area contributed by atoms with Crippen molar-refractivity contribution in [3.8, 4) is 11.3 Å². The lowest BCUT2D eigenvalue weighted by Gasteiger charge is -2.07. The zero-order valence-corrected chi connectivity index (χ0v) is 10.4. The summed E-state index contributed by atoms with van der Waals surface area (Å²) in [4.78, 5) is 15.1. The van der Waals surface area contributed by atoms with Crippen molar-refractivity contribution in [1.29, 1.82) is 0 Å². The molecular formula is C16H10FNO2. The number of carbonyl (C=O) groups is 1. The van der Waals surface area contributed by atoms with E-state index in [0.717, 1.165) is 22.5 Å². The number of pyridine rings is 1. The van der Waals surface area contributed by atoms with Crippen LogP contribution in [0.5, 0.6) is 0 Å². The van der Waals surface area contributed by atoms with Crippen molar-refractivity contribution < 1.29 is 14.3 Å². The van der Waals surface area contributed by atoms with Gasteiger partial charge >= 0.3 is 5.97 Å². The van der Waals surface area contributed by atoms with Crippen LogP contribution in [0.15, 0.2) is 54.7 Å². The summed E-state index contributed by atoms with van der Waals surface area (Å²) in [5, 5.41) is 10.8. The fourth-order valence-electron chi connectivity index (χ4n) is 2.16. The van der Waals surface area contributed by atoms with Crippen LogP contribution in [0, 0.1) is 5.82 Å². The molecule has 0 radical (unpaired) electrons. The summed E-state index contributed by atoms with van der Waals surface area (Å²) in [6, 6.07) is 13.4. The molecule has 1 heterocycles. The number of nitrogens with zero attached hydrogens (tertiary/aromatic N) is 1. The number of benzene rings is 2. The van der Waals surface area contributed by atoms with Gasteiger partial charge in [0.15, 0.2) is 0 Å². The summed E-state index contributed by atoms with van der Waals surface area (Å²) in [7, 11) is 0. The van der Waals surface area contributed by atoms with Crippen molar-refractivity contribution in [2.45, 2.75) is 0 Å². The van der Waals surface area contributed by atoms with E-state index in [-0.39, 0.29) is 5.56 Å². The molecule has 0 amide bonds. The Bertz CT molecular complexity index is 797. The lowest BCUT2D eigenvalue weighted by atomic mass is 9.99. The molecule has 0 atom stereocenters. The minimum absolute atomic E-state index is 0.215. The molecule has 4 heteroatoms. The van der Waals surface area contributed by atoms with Crippen molar-refractivity contribution >= 4 is 16.7 Å². The SMILES string of the molecule is O=C(O)c1ccc2cccc(-c3ccc(F)cn3)c2c1. The van der Waals surface area contributed by atoms with Gasteiger partial charge in [0.05, 0.1) is 17.5 Å². The van der Waals surface area contributed by atoms with Gasteiger partial charge in [-0.15, -0.1) is 0 Å². The molecule has 3 rings (SSSR count). The van der Waals surface area contributed by atoms with Gasteiger partial charge in [-0.05, 0) is 35.0 Å². The normalized spacial score (nSPS) is 10.7. The first-order valence-electron chi connectivity index (χ1n) is 6.03. The van der Waals surface area contributed by atoms with Gasteiger partial charge in [-0.25, -0.2) is 9.18 Å². The number of halogens is 1. The second kappa shape index (κ2) is 4.74. The summed E-state index contributed by atoms with van der Waals surface area (Å²) in [5.41, 5.74) is 1.61. The van der Waals surface area contributed by atoms with Crippen LogP contribution in [0.2, 0.25) is 0 Å². The lowest BCUT2D eigenvalue weighted by Crippen LogP contribution is -1.96. The zero-order valence-electron chi connectivity index (χ0n) is 10.4. The van der Waals surface area contributed by atoms with Crippen LogP contribution in [0.25, 0.3) is 22.0 Å². The van der Waals surface area contributed by atoms with Gasteiger partial charge in [0.1, 0.15) is 5.82 Å². The van der Waals surface area contributed by atoms with Crippen LogP contribution in [-0.2, 0) is 0 Å². The molecular weight excluding hydrogens is 257 g/mol. The van der Waals surface area contributed by atoms with Crippen molar-refractivity contribution in [2.75, 3.05) is 0 Å². The third-order valence-electron chi connectivity index (χ3n) is 3.13. The van der Waals surface area contributed by atoms with E-state index < -0.39 is 11.8 Å². The molecule has 20 heavy (non-hydrogen) atoms. The Morgan fingerprint density at radius 2 is 1.95 bits per heavy atom. The first-order valence-corrected chi connectivity index (χ1v) is 6.03. The Kier molecular flexibility index (Phi) is 2.91. The highest BCUT2D eigenvalue weighted by Gasteiger charge is 2.09. The number of hydrogen-bond acceptors (Lipinski definition) is 2. The van der Waals surface area contributed by atoms with Crippen molar-refractivity contribution in [2.24, 2.45) is 0 Å². The molecule has 1 aromatic heterocycles. The average molecular weight is 267 g/mol. The Morgan fingerprint density at radius 1 is 1.10 bits per heavy atom. The van der Waals surface area contributed by atoms with E-state index in [1.165, 1.54) is 6.07 Å². The summed E-state index contributed by atoms with van der Waals surface area (Å²) in [6.07, 6.45) is 1.15. The van der Waals surface area contributed by atoms with E-state index in [2.05, 4.69) is 4.98 Å². The second-order valence-corrected chi connectivity index (χ2v) is 4.41. The highest BCUT2D eigenvalue weighted by Crippen LogP contribution is 2.28. The molecule has 1 N–H and O–H groups in total. The molecule has 0 spiro atoms. The van der Waals surface area contributed by atoms with Gasteiger partial charge in [-0.3, -0.25) is 4.98 Å². The highest BCUT2D eigenvalue weighted by atomic mass is 19.1. The first-order chi connectivity index (χ1) is 9.65. The lowest BCUT2D eigenvalue weighted by molar-refractivity contribution is 0.0697. The molecule has 0 unspecified atom stereocenters. The largest absolute Gasteiger partial charge is 0.478 e. The zero-order chi connectivity index (χ0) is 14.1. The Hall–Kier alpha value is -2.75. The average Bonchev–Trinajstić information content (AvgIpc) is 2.47. The fourth-order valence-corrected chi connectivity index (χ4v) is 2.16. The molecule has 0 bridgehead atoms. The number of hydrogen-bond donors (Lipinski definition) is 1. The maximum absolute atomic E-state index is 12.9. The van der Waals surface area contributed by atoms with E-state index in [4.69, 9.17) is 5.11 Å². The van der Waals surface area contributed by atoms with Crippen LogP contribution in [0.4, 0.5) is 4.39 Å². The maximum atomic E-state index is 12.9. The van der Waals surface area contributed by atoms with E-state index in [9.17, 15) is 9.18 Å². The number of rotatable bonds is 2. The molecule has 2 aromatic carbocycles. The molecule has 0 saturated carbocycles. The van der Waals surface area contributed by atoms with Crippen LogP contribution >= 0.6 is 0 Å². The molecule has 0 saturated heterocycles. The molecule has 98 valence electrons. The standard InChI is InChI=1S/C16H10FNO2/c17-12-6-7-15(18-9-12)13-3-1-2-10-4-5-11(16(19)20)8-14(10)13/h1-9H,(H,19,20). The summed E-state index contributed by atoms with van der Waals surface area (Å²) in [6.45, 7) is 0. The first kappa shape index (κ1) is 12.3. The number of aromatic nitrogens is 1. The fraction of sp³-hybridized carbons (Fsp3) is 0. The Labute approximate surface area is 114 Å². The predicted octanol–water partition coefficient (Wildman–Crippen LogP) is 3.74. The summed E-state index contributed by atoms with van der Waals surface area (Å²) in [5.74, 6) is -1.38. The highest BCUT2D eigenvalue weighted by molar-refractivity contribution is 6.00. The van der Waals surface area contributed by atoms with E-state index in [1.807, 2.05) is 18.2 Å². The van der Waals surface area contributed by atoms with Crippen LogP contribution in [0.1, 0.15) is 10.4 Å². The van der Waals surface area contributed by atoms with Crippen molar-refractivity contribution in [3.63, 3.8) is 0 Å². The number of carboxylic acid groups (broad SMARTS) is 1. The quantitative estimate of drug-likeness (QED) is 0.769. The smallest absolute Gasteiger partial charge is 0.335 e. The maximum Gasteiger partial charge on any atom is 0.335 e. The van der Waals surface area contributed by atoms with Crippen LogP contribution in [-0.4, -0.2) is 16.1 Å². The number of fused-ring (bicyclic) bond motifs is 1. The molecule has 3 nitrogen and oxygen atoms in total. The van der Waals surface area contributed by atoms with Gasteiger partial charge in [-0.1, -0.05) is 24.3 Å². The molecule has 0 fully saturated rings. The summed E-state index contributed by atoms with van der Waals surface area (Å²) < 4.78 is 12.9. The molecule has 3 aromatic rings. The molecule has 0 aliphatic rings. The van der Waals surface area contributed by atoms with E-state index >= 15 is 0 Å². The van der Waals surface area contributed by atoms with Gasteiger partial charge in [0.25, 0.3) is 0 Å². The van der Waals surface area contributed by atoms with Gasteiger partial charge < -0.3 is 5.11 Å². The number of aromatic carboxylic acids is 1. The summed E-state index contributed by atoms with van der Waals surface area (Å²) >= 11 is 0. The topological polar surface area (TPSA) is 50.2 Å². The Morgan fingerprint density at radius 3 is 2.65 bits per heavy atom. The molecule has 0 aliphatic heterocycles. The third kappa shape index (κ3) is 2.12. The van der Waals surface area contributed by atoms with E-state index in [1.54, 1.807) is 24.3 Å². The van der Waals surface area contributed by atoms with Crippen molar-refractivity contribution in [3.05, 3.63) is 66.1 Å². The van der Waals surface area contributed by atoms with Crippen LogP contribution in [0.3, 0.4) is 0 Å². The minimum Gasteiger partial charge on any atom is -0.478 e. The number of carboxylic acids is 1. The Balaban J connectivity index is 2.26. The van der Waals surface area contributed by atoms with Gasteiger partial charge in [0.2, 0.25) is 0 Å². The van der Waals surface area contributed by atoms with Gasteiger partial charge in [0, 0.05) is 5.56 Å². The monoisotopic (exact) mass is 267 g/mol. The second-order valence-electron chi connectivity index (χ2n) is 4.41. The van der Waals surface area contributed by atoms with Gasteiger partial charge in [-0.2, -0.15) is 0 Å². The molecule has 0 aliphatic carbocycles. The third-order valence-corrected chi connectivity index (χ3v) is 3.13. The predicted molar refractivity (Wildman–Crippen MR) is 74.1 cm³/mol. The minimum atomic E-state index is -0.978. The van der Waals surface area contributed by atoms with Crippen molar-refractivity contribution in [1.82, 2.24) is 4.98 Å². The van der Waals surface area contributed by atoms with Crippen LogP contribution < -0.4 is 0 Å².